The highest BCUT2D eigenvalue weighted by atomic mass is 15.1. The summed E-state index contributed by atoms with van der Waals surface area (Å²) in [5.74, 6) is 0. The quantitative estimate of drug-likeness (QED) is 0.669. The summed E-state index contributed by atoms with van der Waals surface area (Å²) in [7, 11) is 0. The summed E-state index contributed by atoms with van der Waals surface area (Å²) < 4.78 is 0. The van der Waals surface area contributed by atoms with Gasteiger partial charge in [0.25, 0.3) is 0 Å². The number of aromatic amines is 1. The number of fused-ring (bicyclic) bond motifs is 1. The van der Waals surface area contributed by atoms with E-state index in [4.69, 9.17) is 0 Å². The third-order valence-electron chi connectivity index (χ3n) is 2.73. The Kier molecular flexibility index (Phi) is 1.96. The highest BCUT2D eigenvalue weighted by molar-refractivity contribution is 5.95. The van der Waals surface area contributed by atoms with Gasteiger partial charge in [0.05, 0.1) is 5.52 Å². The van der Waals surface area contributed by atoms with Gasteiger partial charge in [-0.25, -0.2) is 0 Å². The number of benzene rings is 1. The van der Waals surface area contributed by atoms with Gasteiger partial charge in [-0.3, -0.25) is 10.1 Å². The van der Waals surface area contributed by atoms with Crippen molar-refractivity contribution in [1.29, 1.82) is 0 Å². The van der Waals surface area contributed by atoms with E-state index in [1.807, 2.05) is 30.5 Å². The average Bonchev–Trinajstić information content (AvgIpc) is 2.75. The highest BCUT2D eigenvalue weighted by Gasteiger charge is 2.09. The van der Waals surface area contributed by atoms with Crippen LogP contribution in [0.15, 0.2) is 42.7 Å². The van der Waals surface area contributed by atoms with E-state index in [0.717, 1.165) is 16.8 Å². The second kappa shape index (κ2) is 3.45. The van der Waals surface area contributed by atoms with Gasteiger partial charge in [0.2, 0.25) is 0 Å². The van der Waals surface area contributed by atoms with Crippen molar-refractivity contribution >= 4 is 10.9 Å². The molecule has 0 atom stereocenters. The largest absolute Gasteiger partial charge is 0.277 e. The van der Waals surface area contributed by atoms with Gasteiger partial charge in [0, 0.05) is 23.3 Å². The summed E-state index contributed by atoms with van der Waals surface area (Å²) in [6.45, 7) is 2.09. The molecule has 0 unspecified atom stereocenters. The first-order valence-electron chi connectivity index (χ1n) is 5.20. The topological polar surface area (TPSA) is 41.6 Å². The maximum atomic E-state index is 4.36. The maximum absolute atomic E-state index is 4.36. The van der Waals surface area contributed by atoms with Crippen LogP contribution in [0.2, 0.25) is 0 Å². The molecule has 3 nitrogen and oxygen atoms in total. The molecule has 0 saturated carbocycles. The summed E-state index contributed by atoms with van der Waals surface area (Å²) in [5, 5.41) is 8.59. The number of aromatic nitrogens is 3. The third kappa shape index (κ3) is 1.29. The monoisotopic (exact) mass is 209 g/mol. The third-order valence-corrected chi connectivity index (χ3v) is 2.73. The van der Waals surface area contributed by atoms with Crippen LogP contribution in [0, 0.1) is 6.92 Å². The molecule has 0 radical (unpaired) electrons. The Morgan fingerprint density at radius 2 is 2.06 bits per heavy atom. The molecule has 0 aliphatic carbocycles. The number of nitrogens with zero attached hydrogens (tertiary/aromatic N) is 2. The lowest BCUT2D eigenvalue weighted by Crippen LogP contribution is -1.81. The summed E-state index contributed by atoms with van der Waals surface area (Å²) in [5.41, 5.74) is 4.31. The van der Waals surface area contributed by atoms with Gasteiger partial charge < -0.3 is 0 Å². The van der Waals surface area contributed by atoms with Crippen molar-refractivity contribution in [3.05, 3.63) is 48.3 Å². The number of H-pyrrole nitrogens is 1. The Morgan fingerprint density at radius 1 is 1.12 bits per heavy atom. The lowest BCUT2D eigenvalue weighted by atomic mass is 10.1. The van der Waals surface area contributed by atoms with E-state index < -0.39 is 0 Å². The number of rotatable bonds is 1. The molecule has 3 rings (SSSR count). The van der Waals surface area contributed by atoms with Crippen LogP contribution in [0.25, 0.3) is 22.2 Å². The molecule has 1 aromatic carbocycles. The van der Waals surface area contributed by atoms with E-state index >= 15 is 0 Å². The average molecular weight is 209 g/mol. The molecule has 0 aliphatic heterocycles. The van der Waals surface area contributed by atoms with Crippen LogP contribution in [0.4, 0.5) is 0 Å². The summed E-state index contributed by atoms with van der Waals surface area (Å²) in [6, 6.07) is 10.1. The Bertz CT molecular complexity index is 626. The zero-order valence-corrected chi connectivity index (χ0v) is 8.94. The molecule has 78 valence electrons. The van der Waals surface area contributed by atoms with E-state index in [2.05, 4.69) is 28.2 Å². The minimum absolute atomic E-state index is 0.973. The van der Waals surface area contributed by atoms with Crippen LogP contribution in [-0.2, 0) is 0 Å². The lowest BCUT2D eigenvalue weighted by molar-refractivity contribution is 1.12. The predicted octanol–water partition coefficient (Wildman–Crippen LogP) is 2.93. The first kappa shape index (κ1) is 9.09. The molecule has 16 heavy (non-hydrogen) atoms. The molecule has 0 amide bonds. The fourth-order valence-corrected chi connectivity index (χ4v) is 1.96. The molecule has 2 aromatic heterocycles. The fourth-order valence-electron chi connectivity index (χ4n) is 1.96. The van der Waals surface area contributed by atoms with Crippen LogP contribution < -0.4 is 0 Å². The Morgan fingerprint density at radius 3 is 2.88 bits per heavy atom. The van der Waals surface area contributed by atoms with Crippen molar-refractivity contribution in [3.8, 4) is 11.3 Å². The number of hydrogen-bond donors (Lipinski definition) is 1. The molecule has 0 bridgehead atoms. The Balaban J connectivity index is 2.33. The molecule has 1 N–H and O–H groups in total. The van der Waals surface area contributed by atoms with Crippen LogP contribution in [0.5, 0.6) is 0 Å². The predicted molar refractivity (Wildman–Crippen MR) is 64.1 cm³/mol. The first-order chi connectivity index (χ1) is 7.86. The zero-order valence-electron chi connectivity index (χ0n) is 8.94. The van der Waals surface area contributed by atoms with Crippen molar-refractivity contribution in [2.75, 3.05) is 0 Å². The van der Waals surface area contributed by atoms with Gasteiger partial charge in [-0.15, -0.1) is 0 Å². The number of aryl methyl sites for hydroxylation is 1. The molecular formula is C13H11N3. The fraction of sp³-hybridized carbons (Fsp3) is 0.0769. The van der Waals surface area contributed by atoms with Crippen LogP contribution in [0.1, 0.15) is 5.56 Å². The summed E-state index contributed by atoms with van der Waals surface area (Å²) in [6.07, 6.45) is 3.60. The maximum Gasteiger partial charge on any atom is 0.102 e. The van der Waals surface area contributed by atoms with Crippen molar-refractivity contribution in [2.45, 2.75) is 6.92 Å². The number of hydrogen-bond acceptors (Lipinski definition) is 2. The second-order valence-electron chi connectivity index (χ2n) is 3.81. The van der Waals surface area contributed by atoms with E-state index in [0.29, 0.717) is 0 Å². The minimum Gasteiger partial charge on any atom is -0.277 e. The van der Waals surface area contributed by atoms with Gasteiger partial charge >= 0.3 is 0 Å². The lowest BCUT2D eigenvalue weighted by Gasteiger charge is -1.99. The standard InChI is InChI=1S/C13H11N3/c1-9-4-2-6-11-12(9)13(16-15-11)10-5-3-7-14-8-10/h2-8H,1H3,(H,15,16). The van der Waals surface area contributed by atoms with Crippen molar-refractivity contribution in [3.63, 3.8) is 0 Å². The normalized spacial score (nSPS) is 10.8. The molecule has 2 heterocycles. The molecule has 0 aliphatic rings. The van der Waals surface area contributed by atoms with Gasteiger partial charge in [-0.1, -0.05) is 12.1 Å². The molecule has 0 fully saturated rings. The van der Waals surface area contributed by atoms with E-state index in [-0.39, 0.29) is 0 Å². The van der Waals surface area contributed by atoms with Crippen molar-refractivity contribution in [2.24, 2.45) is 0 Å². The molecule has 0 spiro atoms. The Hall–Kier alpha value is -2.16. The zero-order chi connectivity index (χ0) is 11.0. The number of pyridine rings is 1. The smallest absolute Gasteiger partial charge is 0.102 e. The van der Waals surface area contributed by atoms with Crippen LogP contribution in [-0.4, -0.2) is 15.2 Å². The molecule has 0 saturated heterocycles. The summed E-state index contributed by atoms with van der Waals surface area (Å²) >= 11 is 0. The van der Waals surface area contributed by atoms with E-state index in [1.54, 1.807) is 6.20 Å². The minimum atomic E-state index is 0.973. The second-order valence-corrected chi connectivity index (χ2v) is 3.81. The first-order valence-corrected chi connectivity index (χ1v) is 5.20. The van der Waals surface area contributed by atoms with Crippen LogP contribution in [0.3, 0.4) is 0 Å². The van der Waals surface area contributed by atoms with Crippen molar-refractivity contribution in [1.82, 2.24) is 15.2 Å². The van der Waals surface area contributed by atoms with Gasteiger partial charge in [-0.2, -0.15) is 5.10 Å². The van der Waals surface area contributed by atoms with Gasteiger partial charge in [-0.05, 0) is 30.7 Å². The van der Waals surface area contributed by atoms with E-state index in [1.165, 1.54) is 10.9 Å². The Labute approximate surface area is 93.2 Å². The van der Waals surface area contributed by atoms with Gasteiger partial charge in [0.15, 0.2) is 0 Å². The molecular weight excluding hydrogens is 198 g/mol. The van der Waals surface area contributed by atoms with Gasteiger partial charge in [0.1, 0.15) is 5.69 Å². The molecule has 3 aromatic rings. The van der Waals surface area contributed by atoms with Crippen LogP contribution >= 0.6 is 0 Å². The van der Waals surface area contributed by atoms with Crippen molar-refractivity contribution < 1.29 is 0 Å². The molecule has 3 heteroatoms. The highest BCUT2D eigenvalue weighted by Crippen LogP contribution is 2.27. The van der Waals surface area contributed by atoms with E-state index in [9.17, 15) is 0 Å². The SMILES string of the molecule is Cc1cccc2[nH]nc(-c3cccnc3)c12. The number of nitrogens with one attached hydrogen (secondary N) is 1. The summed E-state index contributed by atoms with van der Waals surface area (Å²) in [4.78, 5) is 4.12.